The van der Waals surface area contributed by atoms with Crippen LogP contribution in [0.3, 0.4) is 0 Å². The van der Waals surface area contributed by atoms with Crippen LogP contribution in [0.4, 0.5) is 8.78 Å². The molecule has 0 radical (unpaired) electrons. The number of nitrogens with two attached hydrogens (primary N) is 1. The first-order valence-corrected chi connectivity index (χ1v) is 7.47. The van der Waals surface area contributed by atoms with Crippen LogP contribution in [0.5, 0.6) is 0 Å². The van der Waals surface area contributed by atoms with Gasteiger partial charge in [-0.1, -0.05) is 12.1 Å². The van der Waals surface area contributed by atoms with Crippen LogP contribution in [-0.4, -0.2) is 29.9 Å². The average molecular weight is 331 g/mol. The van der Waals surface area contributed by atoms with E-state index < -0.39 is 11.6 Å². The molecule has 2 aliphatic rings. The molecule has 4 unspecified atom stereocenters. The van der Waals surface area contributed by atoms with Crippen LogP contribution in [0.1, 0.15) is 31.2 Å². The SMILES string of the molecule is CC1CC(CN)CN1C(=O)C1CC1c1cccc(F)c1F.Cl. The van der Waals surface area contributed by atoms with E-state index in [1.54, 1.807) is 6.07 Å². The van der Waals surface area contributed by atoms with Gasteiger partial charge in [0.25, 0.3) is 0 Å². The third kappa shape index (κ3) is 2.97. The molecule has 1 aliphatic heterocycles. The van der Waals surface area contributed by atoms with Crippen molar-refractivity contribution >= 4 is 18.3 Å². The van der Waals surface area contributed by atoms with Crippen LogP contribution in [-0.2, 0) is 4.79 Å². The highest BCUT2D eigenvalue weighted by atomic mass is 35.5. The molecule has 1 saturated heterocycles. The highest BCUT2D eigenvalue weighted by Crippen LogP contribution is 2.50. The summed E-state index contributed by atoms with van der Waals surface area (Å²) in [4.78, 5) is 14.4. The van der Waals surface area contributed by atoms with E-state index >= 15 is 0 Å². The largest absolute Gasteiger partial charge is 0.339 e. The quantitative estimate of drug-likeness (QED) is 0.926. The van der Waals surface area contributed by atoms with Crippen molar-refractivity contribution in [1.82, 2.24) is 4.90 Å². The minimum absolute atomic E-state index is 0. The van der Waals surface area contributed by atoms with Crippen LogP contribution >= 0.6 is 12.4 Å². The van der Waals surface area contributed by atoms with E-state index in [4.69, 9.17) is 5.73 Å². The molecule has 1 saturated carbocycles. The van der Waals surface area contributed by atoms with Crippen molar-refractivity contribution in [1.29, 1.82) is 0 Å². The van der Waals surface area contributed by atoms with Crippen LogP contribution in [0, 0.1) is 23.5 Å². The van der Waals surface area contributed by atoms with Gasteiger partial charge in [-0.05, 0) is 49.8 Å². The Kier molecular flexibility index (Phi) is 5.07. The van der Waals surface area contributed by atoms with E-state index in [0.717, 1.165) is 12.5 Å². The summed E-state index contributed by atoms with van der Waals surface area (Å²) >= 11 is 0. The van der Waals surface area contributed by atoms with E-state index in [1.165, 1.54) is 6.07 Å². The van der Waals surface area contributed by atoms with Gasteiger partial charge in [-0.15, -0.1) is 12.4 Å². The summed E-state index contributed by atoms with van der Waals surface area (Å²) in [6, 6.07) is 4.36. The van der Waals surface area contributed by atoms with Crippen molar-refractivity contribution in [3.63, 3.8) is 0 Å². The molecule has 0 spiro atoms. The maximum Gasteiger partial charge on any atom is 0.226 e. The first-order valence-electron chi connectivity index (χ1n) is 7.47. The number of nitrogens with zero attached hydrogens (tertiary/aromatic N) is 1. The predicted octanol–water partition coefficient (Wildman–Crippen LogP) is 2.69. The smallest absolute Gasteiger partial charge is 0.226 e. The second-order valence-corrected chi connectivity index (χ2v) is 6.27. The second-order valence-electron chi connectivity index (χ2n) is 6.27. The van der Waals surface area contributed by atoms with Crippen molar-refractivity contribution in [3.8, 4) is 0 Å². The first kappa shape index (κ1) is 17.2. The van der Waals surface area contributed by atoms with E-state index in [2.05, 4.69) is 0 Å². The van der Waals surface area contributed by atoms with Crippen molar-refractivity contribution < 1.29 is 13.6 Å². The molecule has 2 N–H and O–H groups in total. The normalized spacial score (nSPS) is 30.1. The van der Waals surface area contributed by atoms with Crippen LogP contribution in [0.15, 0.2) is 18.2 Å². The monoisotopic (exact) mass is 330 g/mol. The minimum atomic E-state index is -0.844. The van der Waals surface area contributed by atoms with Gasteiger partial charge in [-0.25, -0.2) is 8.78 Å². The molecular weight excluding hydrogens is 310 g/mol. The number of amides is 1. The summed E-state index contributed by atoms with van der Waals surface area (Å²) in [6.07, 6.45) is 1.53. The second kappa shape index (κ2) is 6.50. The summed E-state index contributed by atoms with van der Waals surface area (Å²) < 4.78 is 27.1. The number of benzene rings is 1. The molecule has 3 nitrogen and oxygen atoms in total. The van der Waals surface area contributed by atoms with E-state index in [1.807, 2.05) is 11.8 Å². The molecule has 1 aromatic rings. The van der Waals surface area contributed by atoms with Gasteiger partial charge in [0.15, 0.2) is 11.6 Å². The Bertz CT molecular complexity index is 569. The summed E-state index contributed by atoms with van der Waals surface area (Å²) in [7, 11) is 0. The van der Waals surface area contributed by atoms with Crippen molar-refractivity contribution in [2.45, 2.75) is 31.7 Å². The Morgan fingerprint density at radius 1 is 1.36 bits per heavy atom. The van der Waals surface area contributed by atoms with Gasteiger partial charge in [0.05, 0.1) is 0 Å². The highest BCUT2D eigenvalue weighted by Gasteiger charge is 2.49. The first-order chi connectivity index (χ1) is 10.0. The Labute approximate surface area is 135 Å². The fourth-order valence-electron chi connectivity index (χ4n) is 3.45. The third-order valence-electron chi connectivity index (χ3n) is 4.77. The molecule has 0 bridgehead atoms. The summed E-state index contributed by atoms with van der Waals surface area (Å²) in [5.41, 5.74) is 6.01. The topological polar surface area (TPSA) is 46.3 Å². The lowest BCUT2D eigenvalue weighted by molar-refractivity contribution is -0.133. The molecule has 22 heavy (non-hydrogen) atoms. The third-order valence-corrected chi connectivity index (χ3v) is 4.77. The van der Waals surface area contributed by atoms with Gasteiger partial charge in [-0.2, -0.15) is 0 Å². The zero-order valence-corrected chi connectivity index (χ0v) is 13.3. The van der Waals surface area contributed by atoms with Gasteiger partial charge in [0.1, 0.15) is 0 Å². The molecule has 1 aromatic carbocycles. The number of halogens is 3. The van der Waals surface area contributed by atoms with Crippen LogP contribution in [0.2, 0.25) is 0 Å². The zero-order chi connectivity index (χ0) is 15.1. The Morgan fingerprint density at radius 3 is 2.73 bits per heavy atom. The highest BCUT2D eigenvalue weighted by molar-refractivity contribution is 5.85. The van der Waals surface area contributed by atoms with Crippen molar-refractivity contribution in [2.75, 3.05) is 13.1 Å². The van der Waals surface area contributed by atoms with Gasteiger partial charge in [0.2, 0.25) is 5.91 Å². The zero-order valence-electron chi connectivity index (χ0n) is 12.5. The molecule has 1 amide bonds. The standard InChI is InChI=1S/C16H20F2N2O.ClH/c1-9-5-10(7-19)8-20(9)16(21)13-6-12(13)11-3-2-4-14(17)15(11)18;/h2-4,9-10,12-13H,5-8,19H2,1H3;1H. The molecule has 122 valence electrons. The Balaban J connectivity index is 0.00000176. The molecule has 1 aliphatic carbocycles. The van der Waals surface area contributed by atoms with Crippen LogP contribution in [0.25, 0.3) is 0 Å². The molecule has 1 heterocycles. The molecular formula is C16H21ClF2N2O. The summed E-state index contributed by atoms with van der Waals surface area (Å²) in [6.45, 7) is 3.29. The van der Waals surface area contributed by atoms with Crippen LogP contribution < -0.4 is 5.73 Å². The summed E-state index contributed by atoms with van der Waals surface area (Å²) in [5, 5.41) is 0. The lowest BCUT2D eigenvalue weighted by Gasteiger charge is -2.21. The van der Waals surface area contributed by atoms with Gasteiger partial charge < -0.3 is 10.6 Å². The van der Waals surface area contributed by atoms with Crippen molar-refractivity contribution in [3.05, 3.63) is 35.4 Å². The van der Waals surface area contributed by atoms with E-state index in [9.17, 15) is 13.6 Å². The number of carbonyl (C=O) groups excluding carboxylic acids is 1. The number of hydrogen-bond acceptors (Lipinski definition) is 2. The lowest BCUT2D eigenvalue weighted by Crippen LogP contribution is -2.35. The number of carbonyl (C=O) groups is 1. The number of likely N-dealkylation sites (tertiary alicyclic amines) is 1. The Morgan fingerprint density at radius 2 is 2.09 bits per heavy atom. The van der Waals surface area contributed by atoms with E-state index in [-0.39, 0.29) is 36.2 Å². The summed E-state index contributed by atoms with van der Waals surface area (Å²) in [5.74, 6) is -1.63. The van der Waals surface area contributed by atoms with E-state index in [0.29, 0.717) is 31.0 Å². The van der Waals surface area contributed by atoms with Gasteiger partial charge in [-0.3, -0.25) is 4.79 Å². The fourth-order valence-corrected chi connectivity index (χ4v) is 3.45. The molecule has 4 atom stereocenters. The molecule has 2 fully saturated rings. The van der Waals surface area contributed by atoms with Gasteiger partial charge >= 0.3 is 0 Å². The predicted molar refractivity (Wildman–Crippen MR) is 82.8 cm³/mol. The number of hydrogen-bond donors (Lipinski definition) is 1. The molecule has 0 aromatic heterocycles. The maximum atomic E-state index is 13.8. The molecule has 3 rings (SSSR count). The maximum absolute atomic E-state index is 13.8. The average Bonchev–Trinajstić information content (AvgIpc) is 3.17. The molecule has 6 heteroatoms. The van der Waals surface area contributed by atoms with Crippen molar-refractivity contribution in [2.24, 2.45) is 17.6 Å². The number of rotatable bonds is 3. The van der Waals surface area contributed by atoms with Gasteiger partial charge in [0, 0.05) is 18.5 Å². The lowest BCUT2D eigenvalue weighted by atomic mass is 10.1. The minimum Gasteiger partial charge on any atom is -0.339 e. The fraction of sp³-hybridized carbons (Fsp3) is 0.562. The Hall–Kier alpha value is -1.20.